The molecule has 2 heterocycles. The Labute approximate surface area is 200 Å². The number of hydrogen-bond donors (Lipinski definition) is 1. The summed E-state index contributed by atoms with van der Waals surface area (Å²) in [4.78, 5) is 23.0. The molecule has 1 fully saturated rings. The fraction of sp³-hybridized carbons (Fsp3) is 0.320. The predicted molar refractivity (Wildman–Crippen MR) is 122 cm³/mol. The molecular weight excluding hydrogens is 464 g/mol. The average molecular weight is 488 g/mol. The molecule has 1 N–H and O–H groups in total. The van der Waals surface area contributed by atoms with Gasteiger partial charge in [-0.05, 0) is 48.7 Å². The number of carbonyl (C=O) groups excluding carboxylic acids is 1. The number of ether oxygens (including phenoxy) is 1. The van der Waals surface area contributed by atoms with E-state index >= 15 is 0 Å². The van der Waals surface area contributed by atoms with Crippen LogP contribution in [0.3, 0.4) is 0 Å². The normalized spacial score (nSPS) is 17.9. The Hall–Kier alpha value is -3.53. The number of alkyl halides is 3. The summed E-state index contributed by atoms with van der Waals surface area (Å²) in [6.45, 7) is 1.65. The molecule has 1 aliphatic heterocycles. The van der Waals surface area contributed by atoms with Crippen LogP contribution < -0.4 is 15.0 Å². The van der Waals surface area contributed by atoms with Gasteiger partial charge in [-0.15, -0.1) is 0 Å². The number of aryl methyl sites for hydroxylation is 1. The number of rotatable bonds is 6. The zero-order valence-electron chi connectivity index (χ0n) is 19.1. The highest BCUT2D eigenvalue weighted by atomic mass is 19.4. The van der Waals surface area contributed by atoms with E-state index in [9.17, 15) is 22.4 Å². The fourth-order valence-electron chi connectivity index (χ4n) is 4.04. The molecule has 0 unspecified atom stereocenters. The van der Waals surface area contributed by atoms with Crippen LogP contribution in [-0.2, 0) is 11.3 Å². The van der Waals surface area contributed by atoms with E-state index in [1.165, 1.54) is 4.90 Å². The molecule has 10 heteroatoms. The van der Waals surface area contributed by atoms with Gasteiger partial charge in [0.15, 0.2) is 11.6 Å². The molecule has 0 spiro atoms. The monoisotopic (exact) mass is 488 g/mol. The Balaban J connectivity index is 1.69. The van der Waals surface area contributed by atoms with Crippen LogP contribution in [0.25, 0.3) is 11.4 Å². The van der Waals surface area contributed by atoms with Crippen molar-refractivity contribution < 1.29 is 27.1 Å². The maximum Gasteiger partial charge on any atom is 0.393 e. The first-order valence-electron chi connectivity index (χ1n) is 11.0. The Morgan fingerprint density at radius 3 is 2.43 bits per heavy atom. The van der Waals surface area contributed by atoms with Crippen LogP contribution in [0.2, 0.25) is 0 Å². The van der Waals surface area contributed by atoms with Gasteiger partial charge in [-0.2, -0.15) is 13.2 Å². The van der Waals surface area contributed by atoms with Gasteiger partial charge in [-0.1, -0.05) is 18.2 Å². The first-order chi connectivity index (χ1) is 16.7. The molecule has 2 aromatic carbocycles. The third kappa shape index (κ3) is 5.59. The number of carbonyl (C=O) groups is 1. The molecule has 0 bridgehead atoms. The lowest BCUT2D eigenvalue weighted by molar-refractivity contribution is -0.169. The fourth-order valence-corrected chi connectivity index (χ4v) is 4.04. The van der Waals surface area contributed by atoms with E-state index in [1.54, 1.807) is 49.6 Å². The van der Waals surface area contributed by atoms with Crippen LogP contribution in [0.4, 0.5) is 23.2 Å². The smallest absolute Gasteiger partial charge is 0.393 e. The SMILES string of the molecule is COc1ccc(CN(C(=O)[C@H]2C[C@@H](C(F)(F)F)CN2)c2ccc(C)c(-c3ncc(F)cn3)c2)cc1. The van der Waals surface area contributed by atoms with Crippen molar-refractivity contribution in [2.24, 2.45) is 5.92 Å². The van der Waals surface area contributed by atoms with E-state index in [1.807, 2.05) is 6.92 Å². The molecule has 0 aliphatic carbocycles. The van der Waals surface area contributed by atoms with E-state index in [0.717, 1.165) is 23.5 Å². The first-order valence-corrected chi connectivity index (χ1v) is 11.0. The lowest BCUT2D eigenvalue weighted by Crippen LogP contribution is -2.43. The second-order valence-electron chi connectivity index (χ2n) is 8.43. The quantitative estimate of drug-likeness (QED) is 0.511. The largest absolute Gasteiger partial charge is 0.497 e. The number of aromatic nitrogens is 2. The number of nitrogens with one attached hydrogen (secondary N) is 1. The Kier molecular flexibility index (Phi) is 7.02. The third-order valence-electron chi connectivity index (χ3n) is 6.05. The maximum atomic E-state index is 13.5. The highest BCUT2D eigenvalue weighted by molar-refractivity contribution is 5.98. The summed E-state index contributed by atoms with van der Waals surface area (Å²) < 4.78 is 58.2. The minimum absolute atomic E-state index is 0.129. The van der Waals surface area contributed by atoms with Gasteiger partial charge >= 0.3 is 6.18 Å². The number of halogens is 4. The van der Waals surface area contributed by atoms with Gasteiger partial charge in [-0.3, -0.25) is 4.79 Å². The highest BCUT2D eigenvalue weighted by Crippen LogP contribution is 2.34. The molecule has 1 aliphatic rings. The van der Waals surface area contributed by atoms with Crippen molar-refractivity contribution in [2.75, 3.05) is 18.6 Å². The van der Waals surface area contributed by atoms with Crippen molar-refractivity contribution in [3.8, 4) is 17.1 Å². The van der Waals surface area contributed by atoms with Gasteiger partial charge < -0.3 is 15.0 Å². The third-order valence-corrected chi connectivity index (χ3v) is 6.05. The minimum atomic E-state index is -4.38. The van der Waals surface area contributed by atoms with Gasteiger partial charge in [0, 0.05) is 17.8 Å². The second kappa shape index (κ2) is 9.99. The van der Waals surface area contributed by atoms with Crippen molar-refractivity contribution >= 4 is 11.6 Å². The van der Waals surface area contributed by atoms with Crippen LogP contribution in [0.1, 0.15) is 17.5 Å². The van der Waals surface area contributed by atoms with Crippen LogP contribution in [-0.4, -0.2) is 41.7 Å². The standard InChI is InChI=1S/C25H24F4N4O2/c1-15-3-6-19(10-21(15)23-31-12-18(26)13-32-23)33(14-16-4-7-20(35-2)8-5-16)24(34)22-9-17(11-30-22)25(27,28)29/h3-8,10,12-13,17,22,30H,9,11,14H2,1-2H3/t17-,22-/m1/s1. The molecule has 35 heavy (non-hydrogen) atoms. The number of amides is 1. The summed E-state index contributed by atoms with van der Waals surface area (Å²) in [5, 5.41) is 2.73. The van der Waals surface area contributed by atoms with Gasteiger partial charge in [0.05, 0.1) is 38.0 Å². The predicted octanol–water partition coefficient (Wildman–Crippen LogP) is 4.67. The summed E-state index contributed by atoms with van der Waals surface area (Å²) >= 11 is 0. The number of benzene rings is 2. The summed E-state index contributed by atoms with van der Waals surface area (Å²) in [5.41, 5.74) is 2.62. The number of methoxy groups -OCH3 is 1. The van der Waals surface area contributed by atoms with E-state index in [2.05, 4.69) is 15.3 Å². The lowest BCUT2D eigenvalue weighted by Gasteiger charge is -2.27. The summed E-state index contributed by atoms with van der Waals surface area (Å²) in [6.07, 6.45) is -2.61. The lowest BCUT2D eigenvalue weighted by atomic mass is 10.0. The minimum Gasteiger partial charge on any atom is -0.497 e. The van der Waals surface area contributed by atoms with Gasteiger partial charge in [0.25, 0.3) is 0 Å². The van der Waals surface area contributed by atoms with Crippen LogP contribution >= 0.6 is 0 Å². The van der Waals surface area contributed by atoms with E-state index < -0.39 is 29.9 Å². The Bertz CT molecular complexity index is 1180. The van der Waals surface area contributed by atoms with Gasteiger partial charge in [0.2, 0.25) is 5.91 Å². The maximum absolute atomic E-state index is 13.5. The molecule has 6 nitrogen and oxygen atoms in total. The number of anilines is 1. The molecule has 2 atom stereocenters. The average Bonchev–Trinajstić information content (AvgIpc) is 3.35. The first kappa shape index (κ1) is 24.6. The second-order valence-corrected chi connectivity index (χ2v) is 8.43. The molecule has 3 aromatic rings. The van der Waals surface area contributed by atoms with E-state index in [4.69, 9.17) is 4.74 Å². The molecule has 1 saturated heterocycles. The van der Waals surface area contributed by atoms with Crippen LogP contribution in [0, 0.1) is 18.7 Å². The van der Waals surface area contributed by atoms with Crippen molar-refractivity contribution in [3.63, 3.8) is 0 Å². The zero-order chi connectivity index (χ0) is 25.2. The summed E-state index contributed by atoms with van der Waals surface area (Å²) in [7, 11) is 1.54. The summed E-state index contributed by atoms with van der Waals surface area (Å²) in [5.74, 6) is -1.71. The highest BCUT2D eigenvalue weighted by Gasteiger charge is 2.46. The van der Waals surface area contributed by atoms with E-state index in [-0.39, 0.29) is 25.3 Å². The molecule has 4 rings (SSSR count). The van der Waals surface area contributed by atoms with Gasteiger partial charge in [-0.25, -0.2) is 14.4 Å². The molecule has 1 amide bonds. The molecule has 1 aromatic heterocycles. The molecule has 0 radical (unpaired) electrons. The zero-order valence-corrected chi connectivity index (χ0v) is 19.1. The van der Waals surface area contributed by atoms with Crippen molar-refractivity contribution in [3.05, 3.63) is 71.8 Å². The Morgan fingerprint density at radius 2 is 1.83 bits per heavy atom. The van der Waals surface area contributed by atoms with E-state index in [0.29, 0.717) is 17.0 Å². The number of nitrogens with zero attached hydrogens (tertiary/aromatic N) is 3. The van der Waals surface area contributed by atoms with Gasteiger partial charge in [0.1, 0.15) is 5.75 Å². The summed E-state index contributed by atoms with van der Waals surface area (Å²) in [6, 6.07) is 11.3. The van der Waals surface area contributed by atoms with Crippen molar-refractivity contribution in [1.29, 1.82) is 0 Å². The van der Waals surface area contributed by atoms with Crippen LogP contribution in [0.5, 0.6) is 5.75 Å². The molecule has 184 valence electrons. The topological polar surface area (TPSA) is 67.3 Å². The molecule has 0 saturated carbocycles. The Morgan fingerprint density at radius 1 is 1.14 bits per heavy atom. The number of hydrogen-bond acceptors (Lipinski definition) is 5. The molecular formula is C25H24F4N4O2. The van der Waals surface area contributed by atoms with Crippen LogP contribution in [0.15, 0.2) is 54.9 Å². The van der Waals surface area contributed by atoms with Crippen molar-refractivity contribution in [1.82, 2.24) is 15.3 Å². The van der Waals surface area contributed by atoms with Crippen molar-refractivity contribution in [2.45, 2.75) is 32.1 Å².